The van der Waals surface area contributed by atoms with E-state index in [0.717, 1.165) is 16.9 Å². The number of benzene rings is 1. The van der Waals surface area contributed by atoms with Crippen LogP contribution >= 0.6 is 0 Å². The maximum absolute atomic E-state index is 13.7. The van der Waals surface area contributed by atoms with Crippen LogP contribution in [0.2, 0.25) is 0 Å². The first-order chi connectivity index (χ1) is 9.81. The molecule has 3 aromatic heterocycles. The number of hydrogen-bond acceptors (Lipinski definition) is 1. The summed E-state index contributed by atoms with van der Waals surface area (Å²) < 4.78 is 17.7. The molecule has 0 N–H and O–H groups in total. The minimum Gasteiger partial charge on any atom is -0.341 e. The Morgan fingerprint density at radius 1 is 1.00 bits per heavy atom. The number of pyridine rings is 1. The second-order valence-corrected chi connectivity index (χ2v) is 4.81. The van der Waals surface area contributed by atoms with Gasteiger partial charge in [-0.25, -0.2) is 9.37 Å². The molecule has 0 saturated heterocycles. The maximum Gasteiger partial charge on any atom is 0.137 e. The third kappa shape index (κ3) is 1.69. The monoisotopic (exact) mass is 265 g/mol. The van der Waals surface area contributed by atoms with Gasteiger partial charge in [-0.3, -0.25) is 0 Å². The van der Waals surface area contributed by atoms with E-state index in [0.29, 0.717) is 11.9 Å². The highest BCUT2D eigenvalue weighted by molar-refractivity contribution is 5.80. The van der Waals surface area contributed by atoms with E-state index in [9.17, 15) is 4.39 Å². The van der Waals surface area contributed by atoms with Crippen molar-refractivity contribution in [3.63, 3.8) is 0 Å². The van der Waals surface area contributed by atoms with Gasteiger partial charge in [0.05, 0.1) is 17.8 Å². The van der Waals surface area contributed by atoms with Crippen molar-refractivity contribution in [2.24, 2.45) is 0 Å². The largest absolute Gasteiger partial charge is 0.341 e. The Bertz CT molecular complexity index is 871. The first kappa shape index (κ1) is 11.2. The predicted molar refractivity (Wildman–Crippen MR) is 76.2 cm³/mol. The lowest BCUT2D eigenvalue weighted by atomic mass is 10.2. The molecule has 0 bridgehead atoms. The number of hydrogen-bond donors (Lipinski definition) is 0. The van der Waals surface area contributed by atoms with E-state index in [-0.39, 0.29) is 5.82 Å². The van der Waals surface area contributed by atoms with E-state index in [4.69, 9.17) is 0 Å². The third-order valence-electron chi connectivity index (χ3n) is 3.51. The number of nitrogens with zero attached hydrogens (tertiary/aromatic N) is 3. The predicted octanol–water partition coefficient (Wildman–Crippen LogP) is 3.48. The van der Waals surface area contributed by atoms with Gasteiger partial charge < -0.3 is 8.97 Å². The van der Waals surface area contributed by atoms with Crippen LogP contribution in [0.5, 0.6) is 0 Å². The van der Waals surface area contributed by atoms with Crippen molar-refractivity contribution in [3.05, 3.63) is 72.6 Å². The smallest absolute Gasteiger partial charge is 0.137 e. The molecule has 3 heterocycles. The normalized spacial score (nSPS) is 11.4. The van der Waals surface area contributed by atoms with E-state index in [1.54, 1.807) is 12.1 Å². The zero-order chi connectivity index (χ0) is 13.5. The van der Waals surface area contributed by atoms with Crippen LogP contribution in [-0.4, -0.2) is 14.0 Å². The minimum absolute atomic E-state index is 0.184. The van der Waals surface area contributed by atoms with Crippen LogP contribution in [0.15, 0.2) is 61.1 Å². The fourth-order valence-corrected chi connectivity index (χ4v) is 2.56. The molecule has 4 aromatic rings. The van der Waals surface area contributed by atoms with Crippen molar-refractivity contribution in [2.75, 3.05) is 0 Å². The van der Waals surface area contributed by atoms with Crippen LogP contribution in [0.25, 0.3) is 16.6 Å². The number of aromatic nitrogens is 3. The molecule has 4 rings (SSSR count). The molecule has 20 heavy (non-hydrogen) atoms. The Kier molecular flexibility index (Phi) is 2.36. The van der Waals surface area contributed by atoms with Crippen molar-refractivity contribution in [3.8, 4) is 0 Å². The Labute approximate surface area is 114 Å². The lowest BCUT2D eigenvalue weighted by molar-refractivity contribution is 0.639. The van der Waals surface area contributed by atoms with Gasteiger partial charge in [0, 0.05) is 24.0 Å². The molecule has 98 valence electrons. The molecule has 0 aliphatic rings. The van der Waals surface area contributed by atoms with Crippen LogP contribution in [0.3, 0.4) is 0 Å². The van der Waals surface area contributed by atoms with Gasteiger partial charge in [0.25, 0.3) is 0 Å². The van der Waals surface area contributed by atoms with Crippen LogP contribution < -0.4 is 0 Å². The Morgan fingerprint density at radius 3 is 2.85 bits per heavy atom. The van der Waals surface area contributed by atoms with E-state index in [2.05, 4.69) is 4.98 Å². The highest BCUT2D eigenvalue weighted by atomic mass is 19.1. The van der Waals surface area contributed by atoms with E-state index in [1.807, 2.05) is 51.8 Å². The Morgan fingerprint density at radius 2 is 1.95 bits per heavy atom. The highest BCUT2D eigenvalue weighted by Crippen LogP contribution is 2.20. The van der Waals surface area contributed by atoms with Gasteiger partial charge in [0.2, 0.25) is 0 Å². The van der Waals surface area contributed by atoms with Crippen molar-refractivity contribution in [2.45, 2.75) is 6.54 Å². The molecule has 0 aliphatic heterocycles. The lowest BCUT2D eigenvalue weighted by Gasteiger charge is -2.02. The summed E-state index contributed by atoms with van der Waals surface area (Å²) in [5, 5.41) is 0.649. The quantitative estimate of drug-likeness (QED) is 0.544. The summed E-state index contributed by atoms with van der Waals surface area (Å²) in [5.74, 6) is -0.184. The SMILES string of the molecule is Fc1cccc2c1ccn2Cc1cn2ccccc2n1. The molecule has 1 aromatic carbocycles. The first-order valence-electron chi connectivity index (χ1n) is 6.47. The van der Waals surface area contributed by atoms with E-state index in [1.165, 1.54) is 6.07 Å². The number of imidazole rings is 1. The molecule has 0 atom stereocenters. The topological polar surface area (TPSA) is 22.2 Å². The van der Waals surface area contributed by atoms with Gasteiger partial charge in [-0.15, -0.1) is 0 Å². The highest BCUT2D eigenvalue weighted by Gasteiger charge is 2.07. The molecule has 0 amide bonds. The molecule has 0 spiro atoms. The summed E-state index contributed by atoms with van der Waals surface area (Å²) in [4.78, 5) is 4.57. The van der Waals surface area contributed by atoms with Crippen LogP contribution in [0.1, 0.15) is 5.69 Å². The van der Waals surface area contributed by atoms with Gasteiger partial charge in [-0.1, -0.05) is 12.1 Å². The summed E-state index contributed by atoms with van der Waals surface area (Å²) in [6.45, 7) is 0.634. The number of halogens is 1. The molecular weight excluding hydrogens is 253 g/mol. The van der Waals surface area contributed by atoms with Crippen LogP contribution in [0, 0.1) is 5.82 Å². The zero-order valence-electron chi connectivity index (χ0n) is 10.7. The van der Waals surface area contributed by atoms with Crippen LogP contribution in [-0.2, 0) is 6.54 Å². The molecule has 0 fully saturated rings. The van der Waals surface area contributed by atoms with Crippen LogP contribution in [0.4, 0.5) is 4.39 Å². The number of rotatable bonds is 2. The molecule has 3 nitrogen and oxygen atoms in total. The minimum atomic E-state index is -0.184. The fraction of sp³-hybridized carbons (Fsp3) is 0.0625. The van der Waals surface area contributed by atoms with Gasteiger partial charge in [0.15, 0.2) is 0 Å². The first-order valence-corrected chi connectivity index (χ1v) is 6.47. The second kappa shape index (κ2) is 4.20. The molecule has 0 saturated carbocycles. The van der Waals surface area contributed by atoms with Gasteiger partial charge >= 0.3 is 0 Å². The molecule has 0 radical (unpaired) electrons. The maximum atomic E-state index is 13.7. The standard InChI is InChI=1S/C16H12FN3/c17-14-4-3-5-15-13(14)7-9-19(15)10-12-11-20-8-2-1-6-16(20)18-12/h1-9,11H,10H2. The summed E-state index contributed by atoms with van der Waals surface area (Å²) in [6.07, 6.45) is 5.87. The van der Waals surface area contributed by atoms with E-state index < -0.39 is 0 Å². The second-order valence-electron chi connectivity index (χ2n) is 4.81. The lowest BCUT2D eigenvalue weighted by Crippen LogP contribution is -1.98. The average molecular weight is 265 g/mol. The van der Waals surface area contributed by atoms with Gasteiger partial charge in [-0.05, 0) is 30.3 Å². The molecule has 0 unspecified atom stereocenters. The van der Waals surface area contributed by atoms with E-state index >= 15 is 0 Å². The summed E-state index contributed by atoms with van der Waals surface area (Å²) in [6, 6.07) is 12.9. The van der Waals surface area contributed by atoms with Crippen molar-refractivity contribution in [1.82, 2.24) is 14.0 Å². The summed E-state index contributed by atoms with van der Waals surface area (Å²) in [5.41, 5.74) is 2.77. The number of fused-ring (bicyclic) bond motifs is 2. The third-order valence-corrected chi connectivity index (χ3v) is 3.51. The zero-order valence-corrected chi connectivity index (χ0v) is 10.7. The fourth-order valence-electron chi connectivity index (χ4n) is 2.56. The van der Waals surface area contributed by atoms with Crippen molar-refractivity contribution < 1.29 is 4.39 Å². The summed E-state index contributed by atoms with van der Waals surface area (Å²) in [7, 11) is 0. The van der Waals surface area contributed by atoms with Gasteiger partial charge in [-0.2, -0.15) is 0 Å². The average Bonchev–Trinajstić information content (AvgIpc) is 3.04. The molecular formula is C16H12FN3. The van der Waals surface area contributed by atoms with Gasteiger partial charge in [0.1, 0.15) is 11.5 Å². The molecule has 4 heteroatoms. The Hall–Kier alpha value is -2.62. The van der Waals surface area contributed by atoms with Crippen molar-refractivity contribution in [1.29, 1.82) is 0 Å². The van der Waals surface area contributed by atoms with Crippen molar-refractivity contribution >= 4 is 16.6 Å². The Balaban J connectivity index is 1.78. The summed E-state index contributed by atoms with van der Waals surface area (Å²) >= 11 is 0. The molecule has 0 aliphatic carbocycles.